The zero-order chi connectivity index (χ0) is 7.70. The normalized spacial score (nSPS) is 8.67. The van der Waals surface area contributed by atoms with Crippen molar-refractivity contribution in [1.82, 2.24) is 4.90 Å². The number of nitrogens with zero attached hydrogens (tertiary/aromatic N) is 1. The lowest BCUT2D eigenvalue weighted by Gasteiger charge is -2.08. The molecule has 0 heterocycles. The molecule has 0 aromatic heterocycles. The molecule has 58 valence electrons. The molecule has 0 atom stereocenters. The van der Waals surface area contributed by atoms with E-state index in [-0.39, 0.29) is 6.73 Å². The van der Waals surface area contributed by atoms with E-state index in [1.54, 1.807) is 4.90 Å². The SMILES string of the molecule is CC.CN(CO)CCN. The molecule has 0 saturated carbocycles. The Hall–Kier alpha value is -0.120. The molecule has 0 aromatic carbocycles. The lowest BCUT2D eigenvalue weighted by Crippen LogP contribution is -2.25. The van der Waals surface area contributed by atoms with Crippen molar-refractivity contribution in [2.24, 2.45) is 5.73 Å². The maximum atomic E-state index is 8.34. The summed E-state index contributed by atoms with van der Waals surface area (Å²) in [6.07, 6.45) is 0. The summed E-state index contributed by atoms with van der Waals surface area (Å²) in [5.74, 6) is 0. The standard InChI is InChI=1S/C4H12N2O.C2H6/c1-6(4-7)3-2-5;1-2/h7H,2-5H2,1H3;1-2H3. The second-order valence-corrected chi connectivity index (χ2v) is 1.51. The number of rotatable bonds is 3. The van der Waals surface area contributed by atoms with Gasteiger partial charge in [-0.1, -0.05) is 13.8 Å². The molecule has 0 aliphatic heterocycles. The van der Waals surface area contributed by atoms with Crippen LogP contribution in [0.3, 0.4) is 0 Å². The number of aliphatic hydroxyl groups is 1. The Labute approximate surface area is 57.5 Å². The van der Waals surface area contributed by atoms with Gasteiger partial charge in [0.1, 0.15) is 0 Å². The second kappa shape index (κ2) is 10.8. The minimum Gasteiger partial charge on any atom is -0.381 e. The molecule has 0 aliphatic carbocycles. The quantitative estimate of drug-likeness (QED) is 0.528. The van der Waals surface area contributed by atoms with Gasteiger partial charge in [0.15, 0.2) is 0 Å². The summed E-state index contributed by atoms with van der Waals surface area (Å²) >= 11 is 0. The highest BCUT2D eigenvalue weighted by Crippen LogP contribution is 1.71. The number of hydrogen-bond acceptors (Lipinski definition) is 3. The van der Waals surface area contributed by atoms with Crippen LogP contribution in [-0.4, -0.2) is 36.9 Å². The van der Waals surface area contributed by atoms with Crippen molar-refractivity contribution >= 4 is 0 Å². The molecule has 0 amide bonds. The van der Waals surface area contributed by atoms with Crippen molar-refractivity contribution in [2.75, 3.05) is 26.9 Å². The molecule has 0 radical (unpaired) electrons. The van der Waals surface area contributed by atoms with Gasteiger partial charge in [-0.25, -0.2) is 0 Å². The Morgan fingerprint density at radius 2 is 1.89 bits per heavy atom. The fourth-order valence-electron chi connectivity index (χ4n) is 0.291. The van der Waals surface area contributed by atoms with Crippen molar-refractivity contribution in [3.8, 4) is 0 Å². The van der Waals surface area contributed by atoms with Gasteiger partial charge in [0.25, 0.3) is 0 Å². The van der Waals surface area contributed by atoms with Crippen molar-refractivity contribution < 1.29 is 5.11 Å². The van der Waals surface area contributed by atoms with Crippen LogP contribution >= 0.6 is 0 Å². The first-order valence-electron chi connectivity index (χ1n) is 3.30. The van der Waals surface area contributed by atoms with Gasteiger partial charge in [-0.2, -0.15) is 0 Å². The molecular formula is C6H18N2O. The first-order chi connectivity index (χ1) is 4.31. The molecular weight excluding hydrogens is 116 g/mol. The number of hydrogen-bond donors (Lipinski definition) is 2. The van der Waals surface area contributed by atoms with Gasteiger partial charge in [-0.05, 0) is 7.05 Å². The third-order valence-electron chi connectivity index (χ3n) is 0.752. The van der Waals surface area contributed by atoms with E-state index in [1.807, 2.05) is 20.9 Å². The summed E-state index contributed by atoms with van der Waals surface area (Å²) in [7, 11) is 1.81. The van der Waals surface area contributed by atoms with E-state index in [9.17, 15) is 0 Å². The molecule has 3 N–H and O–H groups in total. The maximum Gasteiger partial charge on any atom is 0.0954 e. The zero-order valence-corrected chi connectivity index (χ0v) is 6.59. The molecule has 0 saturated heterocycles. The van der Waals surface area contributed by atoms with Crippen LogP contribution in [0.15, 0.2) is 0 Å². The molecule has 3 nitrogen and oxygen atoms in total. The Morgan fingerprint density at radius 1 is 1.44 bits per heavy atom. The maximum absolute atomic E-state index is 8.34. The van der Waals surface area contributed by atoms with E-state index in [0.717, 1.165) is 6.54 Å². The summed E-state index contributed by atoms with van der Waals surface area (Å²) < 4.78 is 0. The third-order valence-corrected chi connectivity index (χ3v) is 0.752. The predicted octanol–water partition coefficient (Wildman–Crippen LogP) is -0.147. The Kier molecular flexibility index (Phi) is 14.0. The zero-order valence-electron chi connectivity index (χ0n) is 6.59. The molecule has 3 heteroatoms. The van der Waals surface area contributed by atoms with Gasteiger partial charge in [-0.3, -0.25) is 4.90 Å². The number of likely N-dealkylation sites (N-methyl/N-ethyl adjacent to an activating group) is 1. The van der Waals surface area contributed by atoms with Crippen molar-refractivity contribution in [1.29, 1.82) is 0 Å². The van der Waals surface area contributed by atoms with Gasteiger partial charge in [-0.15, -0.1) is 0 Å². The molecule has 0 bridgehead atoms. The highest BCUT2D eigenvalue weighted by Gasteiger charge is 1.87. The van der Waals surface area contributed by atoms with Crippen molar-refractivity contribution in [2.45, 2.75) is 13.8 Å². The van der Waals surface area contributed by atoms with Crippen LogP contribution in [-0.2, 0) is 0 Å². The highest BCUT2D eigenvalue weighted by atomic mass is 16.3. The first-order valence-corrected chi connectivity index (χ1v) is 3.30. The van der Waals surface area contributed by atoms with Crippen LogP contribution in [0.2, 0.25) is 0 Å². The topological polar surface area (TPSA) is 49.5 Å². The molecule has 0 aromatic rings. The van der Waals surface area contributed by atoms with Crippen molar-refractivity contribution in [3.63, 3.8) is 0 Å². The lowest BCUT2D eigenvalue weighted by atomic mass is 10.6. The minimum atomic E-state index is 0.0944. The monoisotopic (exact) mass is 134 g/mol. The number of nitrogens with two attached hydrogens (primary N) is 1. The number of aliphatic hydroxyl groups excluding tert-OH is 1. The third kappa shape index (κ3) is 11.4. The average Bonchev–Trinajstić information content (AvgIpc) is 1.93. The fourth-order valence-corrected chi connectivity index (χ4v) is 0.291. The smallest absolute Gasteiger partial charge is 0.0954 e. The van der Waals surface area contributed by atoms with Gasteiger partial charge < -0.3 is 10.8 Å². The van der Waals surface area contributed by atoms with E-state index in [4.69, 9.17) is 10.8 Å². The van der Waals surface area contributed by atoms with Gasteiger partial charge in [0, 0.05) is 13.1 Å². The van der Waals surface area contributed by atoms with Crippen LogP contribution in [0.5, 0.6) is 0 Å². The van der Waals surface area contributed by atoms with Crippen LogP contribution < -0.4 is 5.73 Å². The van der Waals surface area contributed by atoms with Gasteiger partial charge >= 0.3 is 0 Å². The van der Waals surface area contributed by atoms with E-state index in [1.165, 1.54) is 0 Å². The van der Waals surface area contributed by atoms with Crippen LogP contribution in [0.1, 0.15) is 13.8 Å². The predicted molar refractivity (Wildman–Crippen MR) is 40.1 cm³/mol. The van der Waals surface area contributed by atoms with Crippen LogP contribution in [0, 0.1) is 0 Å². The van der Waals surface area contributed by atoms with E-state index >= 15 is 0 Å². The van der Waals surface area contributed by atoms with Gasteiger partial charge in [0.05, 0.1) is 6.73 Å². The van der Waals surface area contributed by atoms with Crippen LogP contribution in [0.4, 0.5) is 0 Å². The largest absolute Gasteiger partial charge is 0.381 e. The summed E-state index contributed by atoms with van der Waals surface area (Å²) in [5, 5.41) is 8.34. The van der Waals surface area contributed by atoms with Crippen molar-refractivity contribution in [3.05, 3.63) is 0 Å². The van der Waals surface area contributed by atoms with E-state index in [2.05, 4.69) is 0 Å². The average molecular weight is 134 g/mol. The molecule has 9 heavy (non-hydrogen) atoms. The second-order valence-electron chi connectivity index (χ2n) is 1.51. The fraction of sp³-hybridized carbons (Fsp3) is 1.00. The molecule has 0 fully saturated rings. The molecule has 0 rings (SSSR count). The Morgan fingerprint density at radius 3 is 2.00 bits per heavy atom. The molecule has 0 unspecified atom stereocenters. The van der Waals surface area contributed by atoms with E-state index < -0.39 is 0 Å². The first kappa shape index (κ1) is 11.6. The summed E-state index contributed by atoms with van der Waals surface area (Å²) in [6.45, 7) is 5.46. The minimum absolute atomic E-state index is 0.0944. The van der Waals surface area contributed by atoms with Gasteiger partial charge in [0.2, 0.25) is 0 Å². The summed E-state index contributed by atoms with van der Waals surface area (Å²) in [6, 6.07) is 0. The Bertz CT molecular complexity index is 42.0. The molecule has 0 spiro atoms. The summed E-state index contributed by atoms with van der Waals surface area (Å²) in [4.78, 5) is 1.74. The Balaban J connectivity index is 0. The molecule has 0 aliphatic rings. The highest BCUT2D eigenvalue weighted by molar-refractivity contribution is 4.41. The van der Waals surface area contributed by atoms with E-state index in [0.29, 0.717) is 6.54 Å². The van der Waals surface area contributed by atoms with Crippen LogP contribution in [0.25, 0.3) is 0 Å². The summed E-state index contributed by atoms with van der Waals surface area (Å²) in [5.41, 5.74) is 5.15. The lowest BCUT2D eigenvalue weighted by molar-refractivity contribution is 0.136.